The Morgan fingerprint density at radius 2 is 1.71 bits per heavy atom. The third kappa shape index (κ3) is 5.34. The molecule has 2 aromatic heterocycles. The lowest BCUT2D eigenvalue weighted by Gasteiger charge is -2.32. The van der Waals surface area contributed by atoms with E-state index in [-0.39, 0.29) is 5.56 Å². The molecular formula is C27H30N6O2. The van der Waals surface area contributed by atoms with Crippen molar-refractivity contribution < 1.29 is 10.0 Å². The van der Waals surface area contributed by atoms with Gasteiger partial charge in [0.1, 0.15) is 0 Å². The van der Waals surface area contributed by atoms with Crippen molar-refractivity contribution in [1.82, 2.24) is 25.3 Å². The van der Waals surface area contributed by atoms with E-state index in [0.29, 0.717) is 11.9 Å². The monoisotopic (exact) mass is 470 g/mol. The number of aromatic nitrogens is 3. The smallest absolute Gasteiger partial charge is 0.277 e. The Morgan fingerprint density at radius 1 is 1.00 bits per heavy atom. The minimum Gasteiger partial charge on any atom is -0.343 e. The van der Waals surface area contributed by atoms with Crippen molar-refractivity contribution >= 4 is 22.8 Å². The third-order valence-corrected chi connectivity index (χ3v) is 6.71. The number of hydrogen-bond acceptors (Lipinski definition) is 6. The van der Waals surface area contributed by atoms with Gasteiger partial charge in [-0.3, -0.25) is 10.0 Å². The van der Waals surface area contributed by atoms with Gasteiger partial charge in [0.25, 0.3) is 5.91 Å². The summed E-state index contributed by atoms with van der Waals surface area (Å²) in [6.07, 6.45) is 7.28. The second kappa shape index (κ2) is 10.7. The number of hydrogen-bond donors (Lipinski definition) is 3. The van der Waals surface area contributed by atoms with Crippen LogP contribution in [-0.2, 0) is 13.1 Å². The van der Waals surface area contributed by atoms with E-state index in [0.717, 1.165) is 45.6 Å². The normalized spacial score (nSPS) is 14.4. The summed E-state index contributed by atoms with van der Waals surface area (Å²) in [6, 6.07) is 19.2. The zero-order valence-corrected chi connectivity index (χ0v) is 19.6. The topological polar surface area (TPSA) is 95.3 Å². The number of fused-ring (bicyclic) bond motifs is 1. The van der Waals surface area contributed by atoms with Gasteiger partial charge in [0, 0.05) is 55.7 Å². The van der Waals surface area contributed by atoms with Crippen LogP contribution in [0.3, 0.4) is 0 Å². The van der Waals surface area contributed by atoms with Crippen molar-refractivity contribution in [3.05, 3.63) is 89.9 Å². The highest BCUT2D eigenvalue weighted by Gasteiger charge is 2.21. The van der Waals surface area contributed by atoms with Crippen molar-refractivity contribution in [3.8, 4) is 0 Å². The first-order valence-electron chi connectivity index (χ1n) is 12.0. The van der Waals surface area contributed by atoms with E-state index in [1.54, 1.807) is 5.48 Å². The summed E-state index contributed by atoms with van der Waals surface area (Å²) in [5, 5.41) is 13.7. The largest absolute Gasteiger partial charge is 0.343 e. The first kappa shape index (κ1) is 23.0. The van der Waals surface area contributed by atoms with Gasteiger partial charge in [0.15, 0.2) is 0 Å². The maximum Gasteiger partial charge on any atom is 0.277 e. The van der Waals surface area contributed by atoms with Gasteiger partial charge in [0.2, 0.25) is 5.95 Å². The summed E-state index contributed by atoms with van der Waals surface area (Å²) in [6.45, 7) is 4.46. The number of anilines is 1. The number of piperidine rings is 1. The van der Waals surface area contributed by atoms with E-state index < -0.39 is 5.91 Å². The molecule has 0 atom stereocenters. The molecule has 2 aromatic carbocycles. The van der Waals surface area contributed by atoms with E-state index in [1.165, 1.54) is 34.4 Å². The van der Waals surface area contributed by atoms with Crippen molar-refractivity contribution in [2.24, 2.45) is 5.92 Å². The van der Waals surface area contributed by atoms with Crippen molar-refractivity contribution in [3.63, 3.8) is 0 Å². The molecule has 1 aliphatic rings. The number of para-hydroxylation sites is 1. The first-order chi connectivity index (χ1) is 17.2. The van der Waals surface area contributed by atoms with Gasteiger partial charge >= 0.3 is 0 Å². The fourth-order valence-electron chi connectivity index (χ4n) is 4.79. The van der Waals surface area contributed by atoms with Gasteiger partial charge in [-0.1, -0.05) is 48.5 Å². The number of rotatable bonds is 8. The molecule has 0 spiro atoms. The molecule has 0 aliphatic carbocycles. The molecule has 1 fully saturated rings. The van der Waals surface area contributed by atoms with Crippen LogP contribution in [-0.4, -0.2) is 45.3 Å². The van der Waals surface area contributed by atoms with E-state index in [2.05, 4.69) is 85.5 Å². The Balaban J connectivity index is 1.15. The van der Waals surface area contributed by atoms with Crippen LogP contribution in [0.25, 0.3) is 10.9 Å². The molecule has 0 bridgehead atoms. The summed E-state index contributed by atoms with van der Waals surface area (Å²) in [7, 11) is 0. The molecule has 3 heterocycles. The minimum absolute atomic E-state index is 0.237. The van der Waals surface area contributed by atoms with Crippen molar-refractivity contribution in [2.75, 3.05) is 24.5 Å². The summed E-state index contributed by atoms with van der Waals surface area (Å²) in [4.78, 5) is 22.2. The molecule has 1 aliphatic heterocycles. The highest BCUT2D eigenvalue weighted by Crippen LogP contribution is 2.24. The first-order valence-corrected chi connectivity index (χ1v) is 12.0. The van der Waals surface area contributed by atoms with E-state index in [4.69, 9.17) is 5.21 Å². The quantitative estimate of drug-likeness (QED) is 0.269. The number of hydroxylamine groups is 1. The van der Waals surface area contributed by atoms with Crippen molar-refractivity contribution in [2.45, 2.75) is 25.9 Å². The molecule has 0 saturated carbocycles. The number of amides is 1. The van der Waals surface area contributed by atoms with Crippen molar-refractivity contribution in [1.29, 1.82) is 0 Å². The SMILES string of the molecule is O=C(NO)c1cnc(N2CCC(CNCc3cn(Cc4ccccc4)c4ccccc34)CC2)nc1. The summed E-state index contributed by atoms with van der Waals surface area (Å²) in [5.41, 5.74) is 5.73. The van der Waals surface area contributed by atoms with Gasteiger partial charge in [-0.25, -0.2) is 15.4 Å². The zero-order valence-electron chi connectivity index (χ0n) is 19.6. The zero-order chi connectivity index (χ0) is 24.0. The van der Waals surface area contributed by atoms with Crippen LogP contribution in [0.2, 0.25) is 0 Å². The maximum atomic E-state index is 11.4. The van der Waals surface area contributed by atoms with E-state index in [9.17, 15) is 4.79 Å². The standard InChI is InChI=1S/C27H30N6O2/c34-26(31-35)22-16-29-27(30-17-22)32-12-10-20(11-13-32)14-28-15-23-19-33(18-21-6-2-1-3-7-21)25-9-5-4-8-24(23)25/h1-9,16-17,19-20,28,35H,10-15,18H2,(H,31,34). The highest BCUT2D eigenvalue weighted by molar-refractivity contribution is 5.92. The Morgan fingerprint density at radius 3 is 2.46 bits per heavy atom. The molecular weight excluding hydrogens is 440 g/mol. The molecule has 0 radical (unpaired) electrons. The molecule has 180 valence electrons. The average molecular weight is 471 g/mol. The Labute approximate surface area is 204 Å². The molecule has 0 unspecified atom stereocenters. The lowest BCUT2D eigenvalue weighted by atomic mass is 9.97. The van der Waals surface area contributed by atoms with Gasteiger partial charge in [-0.2, -0.15) is 0 Å². The number of carbonyl (C=O) groups is 1. The molecule has 4 aromatic rings. The van der Waals surface area contributed by atoms with Crippen LogP contribution in [0.5, 0.6) is 0 Å². The number of carbonyl (C=O) groups excluding carboxylic acids is 1. The van der Waals surface area contributed by atoms with E-state index >= 15 is 0 Å². The number of benzene rings is 2. The molecule has 5 rings (SSSR count). The van der Waals surface area contributed by atoms with Crippen LogP contribution >= 0.6 is 0 Å². The second-order valence-electron chi connectivity index (χ2n) is 9.06. The van der Waals surface area contributed by atoms with Crippen LogP contribution < -0.4 is 15.7 Å². The third-order valence-electron chi connectivity index (χ3n) is 6.71. The number of nitrogens with zero attached hydrogens (tertiary/aromatic N) is 4. The highest BCUT2D eigenvalue weighted by atomic mass is 16.5. The predicted octanol–water partition coefficient (Wildman–Crippen LogP) is 3.60. The van der Waals surface area contributed by atoms with Gasteiger partial charge in [-0.15, -0.1) is 0 Å². The van der Waals surface area contributed by atoms with Crippen LogP contribution in [0.4, 0.5) is 5.95 Å². The minimum atomic E-state index is -0.607. The summed E-state index contributed by atoms with van der Waals surface area (Å²) < 4.78 is 2.34. The molecule has 8 heteroatoms. The lowest BCUT2D eigenvalue weighted by Crippen LogP contribution is -2.38. The maximum absolute atomic E-state index is 11.4. The molecule has 8 nitrogen and oxygen atoms in total. The summed E-state index contributed by atoms with van der Waals surface area (Å²) in [5.74, 6) is 0.616. The van der Waals surface area contributed by atoms with Gasteiger partial charge < -0.3 is 14.8 Å². The molecule has 1 amide bonds. The average Bonchev–Trinajstić information content (AvgIpc) is 3.26. The van der Waals surface area contributed by atoms with Gasteiger partial charge in [0.05, 0.1) is 5.56 Å². The second-order valence-corrected chi connectivity index (χ2v) is 9.06. The lowest BCUT2D eigenvalue weighted by molar-refractivity contribution is 0.0705. The van der Waals surface area contributed by atoms with E-state index in [1.807, 2.05) is 0 Å². The Hall–Kier alpha value is -3.75. The number of nitrogens with one attached hydrogen (secondary N) is 2. The summed E-state index contributed by atoms with van der Waals surface area (Å²) >= 11 is 0. The van der Waals surface area contributed by atoms with Crippen LogP contribution in [0.1, 0.15) is 34.3 Å². The molecule has 3 N–H and O–H groups in total. The predicted molar refractivity (Wildman–Crippen MR) is 135 cm³/mol. The van der Waals surface area contributed by atoms with Gasteiger partial charge in [-0.05, 0) is 42.5 Å². The Kier molecular flexibility index (Phi) is 7.02. The van der Waals surface area contributed by atoms with Crippen LogP contribution in [0, 0.1) is 5.92 Å². The fraction of sp³-hybridized carbons (Fsp3) is 0.296. The Bertz CT molecular complexity index is 1260. The molecule has 35 heavy (non-hydrogen) atoms. The van der Waals surface area contributed by atoms with Crippen LogP contribution in [0.15, 0.2) is 73.2 Å². The fourth-order valence-corrected chi connectivity index (χ4v) is 4.79. The molecule has 1 saturated heterocycles.